The number of amides is 1. The van der Waals surface area contributed by atoms with E-state index in [9.17, 15) is 4.79 Å². The molecule has 4 rings (SSSR count). The summed E-state index contributed by atoms with van der Waals surface area (Å²) >= 11 is 11.2. The number of rotatable bonds is 8. The molecule has 33 heavy (non-hydrogen) atoms. The van der Waals surface area contributed by atoms with Gasteiger partial charge in [-0.1, -0.05) is 53.7 Å². The average Bonchev–Trinajstić information content (AvgIpc) is 3.17. The summed E-state index contributed by atoms with van der Waals surface area (Å²) < 4.78 is 8.10. The SMILES string of the molecule is COc1ccc(C=NNC(=O)CSc2nc3ccccc3n2Cc2ccccc2Cl)cc1Br. The number of nitrogens with one attached hydrogen (secondary N) is 1. The molecule has 0 spiro atoms. The summed E-state index contributed by atoms with van der Waals surface area (Å²) in [5.74, 6) is 0.683. The maximum absolute atomic E-state index is 12.4. The van der Waals surface area contributed by atoms with E-state index in [1.54, 1.807) is 13.3 Å². The molecule has 1 amide bonds. The first-order valence-corrected chi connectivity index (χ1v) is 12.2. The van der Waals surface area contributed by atoms with Crippen molar-refractivity contribution in [1.29, 1.82) is 0 Å². The first-order valence-electron chi connectivity index (χ1n) is 10.0. The van der Waals surface area contributed by atoms with Crippen molar-refractivity contribution in [2.24, 2.45) is 5.10 Å². The second-order valence-electron chi connectivity index (χ2n) is 7.04. The Labute approximate surface area is 209 Å². The number of ether oxygens (including phenoxy) is 1. The molecule has 9 heteroatoms. The summed E-state index contributed by atoms with van der Waals surface area (Å²) in [6.07, 6.45) is 1.58. The molecular weight excluding hydrogens is 524 g/mol. The molecule has 0 bridgehead atoms. The third-order valence-electron chi connectivity index (χ3n) is 4.82. The van der Waals surface area contributed by atoms with Gasteiger partial charge in [-0.2, -0.15) is 5.10 Å². The van der Waals surface area contributed by atoms with Crippen LogP contribution in [0.2, 0.25) is 5.02 Å². The summed E-state index contributed by atoms with van der Waals surface area (Å²) in [4.78, 5) is 17.1. The van der Waals surface area contributed by atoms with Crippen LogP contribution in [0, 0.1) is 0 Å². The normalized spacial score (nSPS) is 11.2. The van der Waals surface area contributed by atoms with Crippen LogP contribution in [0.1, 0.15) is 11.1 Å². The second-order valence-corrected chi connectivity index (χ2v) is 9.24. The number of fused-ring (bicyclic) bond motifs is 1. The van der Waals surface area contributed by atoms with E-state index in [0.717, 1.165) is 37.5 Å². The summed E-state index contributed by atoms with van der Waals surface area (Å²) in [7, 11) is 1.61. The van der Waals surface area contributed by atoms with E-state index < -0.39 is 0 Å². The summed E-state index contributed by atoms with van der Waals surface area (Å²) in [6, 6.07) is 21.2. The fraction of sp³-hybridized carbons (Fsp3) is 0.125. The third kappa shape index (κ3) is 5.76. The Hall–Kier alpha value is -2.81. The molecule has 0 aliphatic rings. The highest BCUT2D eigenvalue weighted by Crippen LogP contribution is 2.27. The fourth-order valence-corrected chi connectivity index (χ4v) is 4.78. The lowest BCUT2D eigenvalue weighted by atomic mass is 10.2. The number of halogens is 2. The van der Waals surface area contributed by atoms with E-state index in [1.165, 1.54) is 11.8 Å². The number of para-hydroxylation sites is 2. The van der Waals surface area contributed by atoms with Gasteiger partial charge >= 0.3 is 0 Å². The van der Waals surface area contributed by atoms with Crippen LogP contribution in [-0.4, -0.2) is 34.5 Å². The molecule has 168 valence electrons. The molecule has 0 fully saturated rings. The molecule has 4 aromatic rings. The Morgan fingerprint density at radius 2 is 2.00 bits per heavy atom. The van der Waals surface area contributed by atoms with Gasteiger partial charge in [0.2, 0.25) is 0 Å². The van der Waals surface area contributed by atoms with Gasteiger partial charge in [-0.15, -0.1) is 0 Å². The maximum Gasteiger partial charge on any atom is 0.250 e. The van der Waals surface area contributed by atoms with Crippen LogP contribution in [0.15, 0.2) is 81.5 Å². The van der Waals surface area contributed by atoms with Crippen LogP contribution in [0.4, 0.5) is 0 Å². The first kappa shape index (κ1) is 23.4. The topological polar surface area (TPSA) is 68.5 Å². The number of carbonyl (C=O) groups is 1. The number of hydrogen-bond acceptors (Lipinski definition) is 5. The van der Waals surface area contributed by atoms with Gasteiger partial charge in [0.15, 0.2) is 5.16 Å². The number of methoxy groups -OCH3 is 1. The molecule has 0 saturated heterocycles. The molecule has 0 aliphatic heterocycles. The Morgan fingerprint density at radius 1 is 1.21 bits per heavy atom. The Bertz CT molecular complexity index is 1330. The largest absolute Gasteiger partial charge is 0.496 e. The fourth-order valence-electron chi connectivity index (χ4n) is 3.22. The first-order chi connectivity index (χ1) is 16.0. The van der Waals surface area contributed by atoms with E-state index >= 15 is 0 Å². The highest BCUT2D eigenvalue weighted by Gasteiger charge is 2.14. The van der Waals surface area contributed by atoms with Gasteiger partial charge in [-0.25, -0.2) is 10.4 Å². The third-order valence-corrected chi connectivity index (χ3v) is 6.78. The molecule has 0 atom stereocenters. The zero-order valence-corrected chi connectivity index (χ0v) is 20.8. The zero-order chi connectivity index (χ0) is 23.2. The van der Waals surface area contributed by atoms with Gasteiger partial charge in [-0.3, -0.25) is 4.79 Å². The van der Waals surface area contributed by atoms with Crippen LogP contribution in [-0.2, 0) is 11.3 Å². The number of imidazole rings is 1. The van der Waals surface area contributed by atoms with Gasteiger partial charge in [0.1, 0.15) is 5.75 Å². The minimum Gasteiger partial charge on any atom is -0.496 e. The van der Waals surface area contributed by atoms with Crippen molar-refractivity contribution in [1.82, 2.24) is 15.0 Å². The van der Waals surface area contributed by atoms with Gasteiger partial charge in [0.25, 0.3) is 5.91 Å². The molecule has 1 N–H and O–H groups in total. The molecule has 6 nitrogen and oxygen atoms in total. The number of carbonyl (C=O) groups excluding carboxylic acids is 1. The lowest BCUT2D eigenvalue weighted by Crippen LogP contribution is -2.20. The van der Waals surface area contributed by atoms with Gasteiger partial charge in [-0.05, 0) is 63.5 Å². The van der Waals surface area contributed by atoms with Crippen molar-refractivity contribution in [3.63, 3.8) is 0 Å². The predicted octanol–water partition coefficient (Wildman–Crippen LogP) is 5.75. The summed E-state index contributed by atoms with van der Waals surface area (Å²) in [6.45, 7) is 0.564. The number of benzene rings is 3. The van der Waals surface area contributed by atoms with Crippen molar-refractivity contribution in [3.05, 3.63) is 87.4 Å². The van der Waals surface area contributed by atoms with E-state index in [0.29, 0.717) is 11.6 Å². The van der Waals surface area contributed by atoms with Gasteiger partial charge in [0.05, 0.1) is 41.1 Å². The van der Waals surface area contributed by atoms with Crippen LogP contribution in [0.5, 0.6) is 5.75 Å². The molecular formula is C24H20BrClN4O2S. The van der Waals surface area contributed by atoms with Crippen molar-refractivity contribution >= 4 is 62.4 Å². The number of nitrogens with zero attached hydrogens (tertiary/aromatic N) is 3. The van der Waals surface area contributed by atoms with Gasteiger partial charge in [0, 0.05) is 5.02 Å². The van der Waals surface area contributed by atoms with Crippen LogP contribution in [0.3, 0.4) is 0 Å². The summed E-state index contributed by atoms with van der Waals surface area (Å²) in [5, 5.41) is 5.49. The van der Waals surface area contributed by atoms with E-state index in [4.69, 9.17) is 21.3 Å². The maximum atomic E-state index is 12.4. The molecule has 3 aromatic carbocycles. The van der Waals surface area contributed by atoms with Crippen molar-refractivity contribution in [2.45, 2.75) is 11.7 Å². The Balaban J connectivity index is 1.44. The van der Waals surface area contributed by atoms with Crippen molar-refractivity contribution in [2.75, 3.05) is 12.9 Å². The zero-order valence-electron chi connectivity index (χ0n) is 17.7. The van der Waals surface area contributed by atoms with Crippen molar-refractivity contribution < 1.29 is 9.53 Å². The number of hydrogen-bond donors (Lipinski definition) is 1. The quantitative estimate of drug-likeness (QED) is 0.175. The number of hydrazone groups is 1. The standard InChI is InChI=1S/C24H20BrClN4O2S/c1-32-22-11-10-16(12-18(22)25)13-27-29-23(31)15-33-24-28-20-8-4-5-9-21(20)30(24)14-17-6-2-3-7-19(17)26/h2-13H,14-15H2,1H3,(H,29,31). The number of aromatic nitrogens is 2. The van der Waals surface area contributed by atoms with E-state index in [1.807, 2.05) is 66.7 Å². The van der Waals surface area contributed by atoms with Crippen LogP contribution in [0.25, 0.3) is 11.0 Å². The highest BCUT2D eigenvalue weighted by atomic mass is 79.9. The average molecular weight is 544 g/mol. The molecule has 0 saturated carbocycles. The van der Waals surface area contributed by atoms with E-state index in [2.05, 4.69) is 31.0 Å². The molecule has 0 aliphatic carbocycles. The summed E-state index contributed by atoms with van der Waals surface area (Å²) in [5.41, 5.74) is 6.25. The smallest absolute Gasteiger partial charge is 0.250 e. The monoisotopic (exact) mass is 542 g/mol. The van der Waals surface area contributed by atoms with Gasteiger partial charge < -0.3 is 9.30 Å². The molecule has 1 heterocycles. The lowest BCUT2D eigenvalue weighted by Gasteiger charge is -2.10. The predicted molar refractivity (Wildman–Crippen MR) is 137 cm³/mol. The number of thioether (sulfide) groups is 1. The van der Waals surface area contributed by atoms with Crippen molar-refractivity contribution in [3.8, 4) is 5.75 Å². The second kappa shape index (κ2) is 10.9. The molecule has 1 aromatic heterocycles. The minimum atomic E-state index is -0.222. The molecule has 0 unspecified atom stereocenters. The Morgan fingerprint density at radius 3 is 2.79 bits per heavy atom. The lowest BCUT2D eigenvalue weighted by molar-refractivity contribution is -0.118. The Kier molecular flexibility index (Phi) is 7.69. The van der Waals surface area contributed by atoms with Crippen LogP contribution >= 0.6 is 39.3 Å². The highest BCUT2D eigenvalue weighted by molar-refractivity contribution is 9.10. The minimum absolute atomic E-state index is 0.176. The van der Waals surface area contributed by atoms with E-state index in [-0.39, 0.29) is 11.7 Å². The molecule has 0 radical (unpaired) electrons. The van der Waals surface area contributed by atoms with Crippen LogP contribution < -0.4 is 10.2 Å².